The molecule has 0 spiro atoms. The van der Waals surface area contributed by atoms with Crippen molar-refractivity contribution in [2.45, 2.75) is 51.9 Å². The van der Waals surface area contributed by atoms with Gasteiger partial charge in [0, 0.05) is 0 Å². The van der Waals surface area contributed by atoms with Crippen molar-refractivity contribution in [1.29, 1.82) is 0 Å². The summed E-state index contributed by atoms with van der Waals surface area (Å²) < 4.78 is 0. The first-order chi connectivity index (χ1) is 7.79. The lowest BCUT2D eigenvalue weighted by atomic mass is 9.81. The Morgan fingerprint density at radius 2 is 1.62 bits per heavy atom. The zero-order chi connectivity index (χ0) is 12.2. The predicted molar refractivity (Wildman–Crippen MR) is 75.3 cm³/mol. The van der Waals surface area contributed by atoms with E-state index in [2.05, 4.69) is 26.7 Å². The molecule has 0 saturated carbocycles. The van der Waals surface area contributed by atoms with Crippen molar-refractivity contribution in [2.75, 3.05) is 0 Å². The van der Waals surface area contributed by atoms with Gasteiger partial charge < -0.3 is 0 Å². The minimum Gasteiger partial charge on any atom is -0.103 e. The SMILES string of the molecule is C=CC[C](CC=C)C(CC=C)CCCCC. The lowest BCUT2D eigenvalue weighted by Gasteiger charge is -2.24. The summed E-state index contributed by atoms with van der Waals surface area (Å²) in [5, 5.41) is 0. The first-order valence-corrected chi connectivity index (χ1v) is 6.47. The molecule has 0 aliphatic carbocycles. The van der Waals surface area contributed by atoms with Crippen LogP contribution in [-0.4, -0.2) is 0 Å². The molecule has 0 bridgehead atoms. The maximum atomic E-state index is 3.87. The van der Waals surface area contributed by atoms with E-state index < -0.39 is 0 Å². The van der Waals surface area contributed by atoms with Gasteiger partial charge in [0.15, 0.2) is 0 Å². The third-order valence-corrected chi connectivity index (χ3v) is 3.00. The van der Waals surface area contributed by atoms with Gasteiger partial charge in [0.2, 0.25) is 0 Å². The van der Waals surface area contributed by atoms with Gasteiger partial charge in [0.25, 0.3) is 0 Å². The number of allylic oxidation sites excluding steroid dienone is 3. The molecular weight excluding hydrogens is 192 g/mol. The van der Waals surface area contributed by atoms with Crippen LogP contribution in [0.2, 0.25) is 0 Å². The molecule has 0 rings (SSSR count). The number of rotatable bonds is 11. The van der Waals surface area contributed by atoms with Gasteiger partial charge in [-0.05, 0) is 37.5 Å². The molecule has 0 aromatic carbocycles. The van der Waals surface area contributed by atoms with Gasteiger partial charge >= 0.3 is 0 Å². The number of hydrogen-bond donors (Lipinski definition) is 0. The van der Waals surface area contributed by atoms with Gasteiger partial charge in [-0.1, -0.05) is 44.4 Å². The Bertz CT molecular complexity index is 180. The van der Waals surface area contributed by atoms with Crippen LogP contribution in [0.5, 0.6) is 0 Å². The molecule has 0 aliphatic rings. The van der Waals surface area contributed by atoms with Crippen LogP contribution in [0.3, 0.4) is 0 Å². The van der Waals surface area contributed by atoms with Crippen LogP contribution >= 0.6 is 0 Å². The van der Waals surface area contributed by atoms with E-state index in [-0.39, 0.29) is 0 Å². The molecule has 1 atom stereocenters. The minimum absolute atomic E-state index is 0.681. The molecule has 1 unspecified atom stereocenters. The monoisotopic (exact) mass is 219 g/mol. The fourth-order valence-corrected chi connectivity index (χ4v) is 2.12. The summed E-state index contributed by atoms with van der Waals surface area (Å²) in [5.41, 5.74) is 0. The van der Waals surface area contributed by atoms with Crippen LogP contribution in [-0.2, 0) is 0 Å². The van der Waals surface area contributed by atoms with E-state index in [4.69, 9.17) is 0 Å². The highest BCUT2D eigenvalue weighted by Crippen LogP contribution is 2.30. The normalized spacial score (nSPS) is 12.4. The molecule has 0 nitrogen and oxygen atoms in total. The fourth-order valence-electron chi connectivity index (χ4n) is 2.12. The smallest absolute Gasteiger partial charge is 0.0132 e. The third kappa shape index (κ3) is 6.66. The quantitative estimate of drug-likeness (QED) is 0.318. The molecule has 0 amide bonds. The molecular formula is C16H27. The lowest BCUT2D eigenvalue weighted by molar-refractivity contribution is 0.457. The molecule has 0 heterocycles. The molecule has 0 fully saturated rings. The van der Waals surface area contributed by atoms with E-state index in [1.54, 1.807) is 5.92 Å². The topological polar surface area (TPSA) is 0 Å². The van der Waals surface area contributed by atoms with E-state index in [1.807, 2.05) is 18.2 Å². The molecule has 91 valence electrons. The van der Waals surface area contributed by atoms with Crippen LogP contribution < -0.4 is 0 Å². The Hall–Kier alpha value is -0.780. The summed E-state index contributed by atoms with van der Waals surface area (Å²) in [6.45, 7) is 13.8. The first-order valence-electron chi connectivity index (χ1n) is 6.47. The van der Waals surface area contributed by atoms with Crippen LogP contribution in [0.4, 0.5) is 0 Å². The van der Waals surface area contributed by atoms with E-state index in [1.165, 1.54) is 25.7 Å². The molecule has 0 N–H and O–H groups in total. The van der Waals surface area contributed by atoms with Gasteiger partial charge in [-0.2, -0.15) is 0 Å². The van der Waals surface area contributed by atoms with Crippen LogP contribution in [0.25, 0.3) is 0 Å². The average Bonchev–Trinajstić information content (AvgIpc) is 2.28. The largest absolute Gasteiger partial charge is 0.103 e. The zero-order valence-electron chi connectivity index (χ0n) is 10.9. The van der Waals surface area contributed by atoms with Crippen molar-refractivity contribution in [3.8, 4) is 0 Å². The summed E-state index contributed by atoms with van der Waals surface area (Å²) in [5.74, 6) is 2.25. The van der Waals surface area contributed by atoms with E-state index in [9.17, 15) is 0 Å². The molecule has 0 aromatic heterocycles. The second kappa shape index (κ2) is 10.7. The molecule has 1 radical (unpaired) electrons. The summed E-state index contributed by atoms with van der Waals surface area (Å²) >= 11 is 0. The first kappa shape index (κ1) is 15.2. The maximum absolute atomic E-state index is 3.87. The van der Waals surface area contributed by atoms with Gasteiger partial charge in [-0.25, -0.2) is 0 Å². The highest BCUT2D eigenvalue weighted by atomic mass is 14.2. The van der Waals surface area contributed by atoms with Crippen molar-refractivity contribution in [3.63, 3.8) is 0 Å². The van der Waals surface area contributed by atoms with Crippen LogP contribution in [0, 0.1) is 11.8 Å². The predicted octanol–water partition coefficient (Wildman–Crippen LogP) is 5.49. The van der Waals surface area contributed by atoms with Crippen molar-refractivity contribution in [2.24, 2.45) is 5.92 Å². The van der Waals surface area contributed by atoms with E-state index in [0.717, 1.165) is 19.3 Å². The van der Waals surface area contributed by atoms with Crippen molar-refractivity contribution in [3.05, 3.63) is 43.9 Å². The summed E-state index contributed by atoms with van der Waals surface area (Å²) in [7, 11) is 0. The van der Waals surface area contributed by atoms with Crippen molar-refractivity contribution >= 4 is 0 Å². The highest BCUT2D eigenvalue weighted by molar-refractivity contribution is 5.06. The number of unbranched alkanes of at least 4 members (excludes halogenated alkanes) is 2. The van der Waals surface area contributed by atoms with E-state index in [0.29, 0.717) is 5.92 Å². The molecule has 0 aromatic rings. The summed E-state index contributed by atoms with van der Waals surface area (Å²) in [4.78, 5) is 0. The lowest BCUT2D eigenvalue weighted by Crippen LogP contribution is -2.11. The minimum atomic E-state index is 0.681. The average molecular weight is 219 g/mol. The fraction of sp³-hybridized carbons (Fsp3) is 0.562. The van der Waals surface area contributed by atoms with Crippen molar-refractivity contribution in [1.82, 2.24) is 0 Å². The Morgan fingerprint density at radius 3 is 2.06 bits per heavy atom. The van der Waals surface area contributed by atoms with E-state index >= 15 is 0 Å². The number of hydrogen-bond acceptors (Lipinski definition) is 0. The molecule has 0 heteroatoms. The Labute approximate surface area is 102 Å². The third-order valence-electron chi connectivity index (χ3n) is 3.00. The van der Waals surface area contributed by atoms with Gasteiger partial charge in [-0.15, -0.1) is 19.7 Å². The van der Waals surface area contributed by atoms with Gasteiger partial charge in [-0.3, -0.25) is 0 Å². The van der Waals surface area contributed by atoms with Crippen LogP contribution in [0.15, 0.2) is 38.0 Å². The second-order valence-electron chi connectivity index (χ2n) is 4.36. The Morgan fingerprint density at radius 1 is 1.00 bits per heavy atom. The molecule has 0 saturated heterocycles. The van der Waals surface area contributed by atoms with Gasteiger partial charge in [0.1, 0.15) is 0 Å². The summed E-state index contributed by atoms with van der Waals surface area (Å²) in [6.07, 6.45) is 14.5. The van der Waals surface area contributed by atoms with Crippen molar-refractivity contribution < 1.29 is 0 Å². The molecule has 16 heavy (non-hydrogen) atoms. The maximum Gasteiger partial charge on any atom is -0.0132 e. The zero-order valence-corrected chi connectivity index (χ0v) is 10.9. The second-order valence-corrected chi connectivity index (χ2v) is 4.36. The van der Waals surface area contributed by atoms with Gasteiger partial charge in [0.05, 0.1) is 0 Å². The standard InChI is InChI=1S/C16H27/c1-5-9-10-14-16(13-8-4)15(11-6-2)12-7-3/h6-8,16H,2-5,9-14H2,1H3. The Balaban J connectivity index is 4.23. The van der Waals surface area contributed by atoms with Crippen LogP contribution in [0.1, 0.15) is 51.9 Å². The Kier molecular flexibility index (Phi) is 10.2. The molecule has 0 aliphatic heterocycles. The summed E-state index contributed by atoms with van der Waals surface area (Å²) in [6, 6.07) is 0. The highest BCUT2D eigenvalue weighted by Gasteiger charge is 2.18.